The van der Waals surface area contributed by atoms with Crippen LogP contribution in [0.25, 0.3) is 91.2 Å². The van der Waals surface area contributed by atoms with Crippen LogP contribution in [-0.2, 0) is 12.8 Å². The Balaban J connectivity index is 0.978. The molecule has 0 saturated heterocycles. The number of hydrogen-bond acceptors (Lipinski definition) is 7. The molecule has 414 valence electrons. The maximum absolute atomic E-state index is 7.02. The first-order valence-electron chi connectivity index (χ1n) is 31.0. The third kappa shape index (κ3) is 13.5. The van der Waals surface area contributed by atoms with Gasteiger partial charge in [-0.2, -0.15) is 0 Å². The topological polar surface area (TPSA) is 9.23 Å². The van der Waals surface area contributed by atoms with Crippen molar-refractivity contribution in [1.29, 1.82) is 0 Å². The molecule has 0 bridgehead atoms. The van der Waals surface area contributed by atoms with E-state index in [1.54, 1.807) is 30.3 Å². The molecule has 10 rings (SSSR count). The molecule has 78 heavy (non-hydrogen) atoms. The van der Waals surface area contributed by atoms with E-state index < -0.39 is 0 Å². The van der Waals surface area contributed by atoms with Crippen molar-refractivity contribution in [2.24, 2.45) is 0 Å². The predicted molar refractivity (Wildman–Crippen MR) is 359 cm³/mol. The van der Waals surface area contributed by atoms with Crippen LogP contribution in [0.4, 0.5) is 0 Å². The van der Waals surface area contributed by atoms with Crippen molar-refractivity contribution in [1.82, 2.24) is 0 Å². The highest BCUT2D eigenvalue weighted by Crippen LogP contribution is 2.53. The van der Waals surface area contributed by atoms with Gasteiger partial charge in [0.2, 0.25) is 0 Å². The molecule has 10 aromatic rings. The number of ether oxygens (including phenoxy) is 1. The van der Waals surface area contributed by atoms with Crippen molar-refractivity contribution in [2.45, 2.75) is 221 Å². The van der Waals surface area contributed by atoms with E-state index in [0.29, 0.717) is 0 Å². The van der Waals surface area contributed by atoms with Gasteiger partial charge in [-0.25, -0.2) is 0 Å². The van der Waals surface area contributed by atoms with Gasteiger partial charge in [0.1, 0.15) is 5.75 Å². The molecular formula is C71H88OS6. The van der Waals surface area contributed by atoms with Gasteiger partial charge in [-0.3, -0.25) is 0 Å². The molecule has 0 amide bonds. The second-order valence-electron chi connectivity index (χ2n) is 23.0. The summed E-state index contributed by atoms with van der Waals surface area (Å²) in [6.07, 6.45) is 37.4. The van der Waals surface area contributed by atoms with E-state index in [-0.39, 0.29) is 0 Å². The molecule has 0 saturated carbocycles. The lowest BCUT2D eigenvalue weighted by atomic mass is 9.91. The van der Waals surface area contributed by atoms with Crippen molar-refractivity contribution in [3.8, 4) is 35.0 Å². The fourth-order valence-corrected chi connectivity index (χ4v) is 19.7. The molecule has 0 aliphatic heterocycles. The minimum absolute atomic E-state index is 0.751. The summed E-state index contributed by atoms with van der Waals surface area (Å²) < 4.78 is 12.9. The van der Waals surface area contributed by atoms with Gasteiger partial charge in [-0.1, -0.05) is 187 Å². The first kappa shape index (κ1) is 57.7. The Morgan fingerprint density at radius 1 is 0.333 bits per heavy atom. The van der Waals surface area contributed by atoms with E-state index in [1.807, 2.05) is 45.3 Å². The van der Waals surface area contributed by atoms with Crippen LogP contribution in [0.15, 0.2) is 72.8 Å². The van der Waals surface area contributed by atoms with E-state index in [1.165, 1.54) is 261 Å². The molecule has 0 aliphatic rings. The Hall–Kier alpha value is -3.56. The van der Waals surface area contributed by atoms with Gasteiger partial charge in [-0.05, 0) is 151 Å². The summed E-state index contributed by atoms with van der Waals surface area (Å²) in [5.41, 5.74) is 4.63. The number of benzene rings is 4. The van der Waals surface area contributed by atoms with Gasteiger partial charge < -0.3 is 4.74 Å². The maximum atomic E-state index is 7.02. The third-order valence-corrected chi connectivity index (χ3v) is 24.2. The van der Waals surface area contributed by atoms with Gasteiger partial charge in [0.05, 0.1) is 6.61 Å². The zero-order valence-corrected chi connectivity index (χ0v) is 53.2. The summed E-state index contributed by atoms with van der Waals surface area (Å²) >= 11 is 12.2. The summed E-state index contributed by atoms with van der Waals surface area (Å²) in [4.78, 5) is 11.6. The molecule has 0 aliphatic carbocycles. The molecule has 0 spiro atoms. The molecule has 6 aromatic heterocycles. The van der Waals surface area contributed by atoms with Crippen molar-refractivity contribution in [2.75, 3.05) is 6.61 Å². The lowest BCUT2D eigenvalue weighted by molar-refractivity contribution is 0.308. The fourth-order valence-electron chi connectivity index (χ4n) is 12.5. The molecule has 0 radical (unpaired) electrons. The standard InChI is InChI=1S/C71H88OS6/c1-7-10-13-16-19-21-23-25-27-30-33-53-68(63-38-35-49(5)73-63)77-71-54(34-31-28-26-24-22-20-17-14-11-8-2)69(78-70(53)71)64-42-41-62(76-64)65-47-58-61(75-65)40-37-52-55-44-48(4)66-51(36-39-60-57(66)45-50(6)74-60)56(55)46-59(67(52)58)72-43-32-29-18-15-12-9-3/h35-42,44-47H,7-34,43H2,1-6H3. The molecule has 0 atom stereocenters. The van der Waals surface area contributed by atoms with Gasteiger partial charge in [0.15, 0.2) is 0 Å². The molecule has 6 heterocycles. The summed E-state index contributed by atoms with van der Waals surface area (Å²) in [5, 5.41) is 10.7. The van der Waals surface area contributed by atoms with Crippen molar-refractivity contribution >= 4 is 130 Å². The average molecular weight is 1150 g/mol. The minimum Gasteiger partial charge on any atom is -0.493 e. The zero-order valence-electron chi connectivity index (χ0n) is 48.3. The predicted octanol–water partition coefficient (Wildman–Crippen LogP) is 26.6. The normalized spacial score (nSPS) is 12.2. The molecule has 7 heteroatoms. The van der Waals surface area contributed by atoms with Crippen LogP contribution in [0.2, 0.25) is 0 Å². The van der Waals surface area contributed by atoms with Crippen molar-refractivity contribution in [3.05, 3.63) is 99.2 Å². The van der Waals surface area contributed by atoms with Gasteiger partial charge in [-0.15, -0.1) is 68.0 Å². The number of fused-ring (bicyclic) bond motifs is 10. The lowest BCUT2D eigenvalue weighted by Crippen LogP contribution is -1.99. The van der Waals surface area contributed by atoms with Gasteiger partial charge in [0, 0.05) is 74.0 Å². The summed E-state index contributed by atoms with van der Waals surface area (Å²) in [6.45, 7) is 14.5. The second-order valence-corrected chi connectivity index (χ2v) is 29.7. The Morgan fingerprint density at radius 2 is 0.808 bits per heavy atom. The van der Waals surface area contributed by atoms with Crippen LogP contribution < -0.4 is 4.74 Å². The molecule has 0 fully saturated rings. The number of unbranched alkanes of at least 4 members (excludes halogenated alkanes) is 23. The highest BCUT2D eigenvalue weighted by atomic mass is 32.1. The van der Waals surface area contributed by atoms with Crippen LogP contribution in [-0.4, -0.2) is 6.61 Å². The smallest absolute Gasteiger partial charge is 0.128 e. The third-order valence-electron chi connectivity index (χ3n) is 16.7. The Bertz CT molecular complexity index is 3520. The van der Waals surface area contributed by atoms with Crippen molar-refractivity contribution in [3.63, 3.8) is 0 Å². The zero-order chi connectivity index (χ0) is 53.8. The number of aryl methyl sites for hydroxylation is 5. The number of rotatable bonds is 33. The monoisotopic (exact) mass is 1150 g/mol. The van der Waals surface area contributed by atoms with Gasteiger partial charge in [0.25, 0.3) is 0 Å². The highest BCUT2D eigenvalue weighted by molar-refractivity contribution is 7.34. The van der Waals surface area contributed by atoms with E-state index in [9.17, 15) is 0 Å². The Morgan fingerprint density at radius 3 is 1.37 bits per heavy atom. The van der Waals surface area contributed by atoms with Crippen LogP contribution in [0.5, 0.6) is 5.75 Å². The minimum atomic E-state index is 0.751. The number of hydrogen-bond donors (Lipinski definition) is 0. The molecule has 0 unspecified atom stereocenters. The van der Waals surface area contributed by atoms with Crippen molar-refractivity contribution < 1.29 is 4.74 Å². The fraction of sp³-hybridized carbons (Fsp3) is 0.493. The van der Waals surface area contributed by atoms with Crippen LogP contribution in [0.3, 0.4) is 0 Å². The lowest BCUT2D eigenvalue weighted by Gasteiger charge is -2.16. The van der Waals surface area contributed by atoms with Gasteiger partial charge >= 0.3 is 0 Å². The average Bonchev–Trinajstić information content (AvgIpc) is 4.48. The summed E-state index contributed by atoms with van der Waals surface area (Å²) in [7, 11) is 0. The van der Waals surface area contributed by atoms with E-state index in [2.05, 4.69) is 137 Å². The first-order chi connectivity index (χ1) is 38.3. The summed E-state index contributed by atoms with van der Waals surface area (Å²) in [6, 6.07) is 29.0. The SMILES string of the molecule is CCCCCCCCCCCCc1c(-c2ccc(C)s2)sc2c(CCCCCCCCCCCC)c(-c3ccc(-c4cc5c(ccc6c7cc(C)c8c9cc(C)sc9ccc8c7cc(OCCCCCCCC)c56)s4)s3)sc12. The second kappa shape index (κ2) is 28.4. The molecule has 4 aromatic carbocycles. The Kier molecular flexibility index (Phi) is 21.0. The van der Waals surface area contributed by atoms with E-state index >= 15 is 0 Å². The highest BCUT2D eigenvalue weighted by Gasteiger charge is 2.25. The molecule has 0 N–H and O–H groups in total. The Labute approximate surface area is 492 Å². The van der Waals surface area contributed by atoms with E-state index in [0.717, 1.165) is 18.8 Å². The van der Waals surface area contributed by atoms with Crippen LogP contribution >= 0.6 is 68.0 Å². The maximum Gasteiger partial charge on any atom is 0.128 e. The number of thiophene rings is 6. The summed E-state index contributed by atoms with van der Waals surface area (Å²) in [5.74, 6) is 1.04. The first-order valence-corrected chi connectivity index (χ1v) is 35.9. The van der Waals surface area contributed by atoms with Crippen LogP contribution in [0.1, 0.15) is 214 Å². The van der Waals surface area contributed by atoms with Crippen LogP contribution in [0, 0.1) is 20.8 Å². The molecular weight excluding hydrogens is 1060 g/mol. The van der Waals surface area contributed by atoms with E-state index in [4.69, 9.17) is 4.74 Å². The quantitative estimate of drug-likeness (QED) is 0.0294. The molecule has 1 nitrogen and oxygen atoms in total. The largest absolute Gasteiger partial charge is 0.493 e.